The molecule has 1 heterocycles. The zero-order chi connectivity index (χ0) is 22.0. The standard InChI is InChI=1S/C25H22ClNO4/c1-30-20-13-10-18(21(14-20)31-2)15-27-23(17-8-11-19(26)12-9-17)22(24(28)25(27)29)16-6-4-3-5-7-16/h3-14,23,28H,15H2,1-2H3. The average Bonchev–Trinajstić information content (AvgIpc) is 3.05. The molecular weight excluding hydrogens is 414 g/mol. The van der Waals surface area contributed by atoms with Crippen LogP contribution in [0, 0.1) is 0 Å². The number of nitrogens with zero attached hydrogens (tertiary/aromatic N) is 1. The van der Waals surface area contributed by atoms with Crippen molar-refractivity contribution < 1.29 is 19.4 Å². The molecule has 0 fully saturated rings. The first-order valence-corrected chi connectivity index (χ1v) is 10.2. The normalized spacial score (nSPS) is 16.0. The summed E-state index contributed by atoms with van der Waals surface area (Å²) < 4.78 is 10.8. The first-order valence-electron chi connectivity index (χ1n) is 9.79. The Morgan fingerprint density at radius 3 is 2.32 bits per heavy atom. The minimum atomic E-state index is -0.473. The Kier molecular flexibility index (Phi) is 5.87. The van der Waals surface area contributed by atoms with Crippen LogP contribution >= 0.6 is 11.6 Å². The van der Waals surface area contributed by atoms with E-state index in [0.717, 1.165) is 16.7 Å². The summed E-state index contributed by atoms with van der Waals surface area (Å²) in [6.07, 6.45) is 0. The molecule has 0 aliphatic carbocycles. The van der Waals surface area contributed by atoms with Crippen molar-refractivity contribution in [2.24, 2.45) is 0 Å². The molecule has 1 aliphatic heterocycles. The summed E-state index contributed by atoms with van der Waals surface area (Å²) in [6.45, 7) is 0.250. The molecule has 5 nitrogen and oxygen atoms in total. The summed E-state index contributed by atoms with van der Waals surface area (Å²) in [5, 5.41) is 11.5. The third-order valence-electron chi connectivity index (χ3n) is 5.41. The maximum atomic E-state index is 13.2. The molecule has 3 aromatic carbocycles. The molecule has 1 N–H and O–H groups in total. The third kappa shape index (κ3) is 3.97. The highest BCUT2D eigenvalue weighted by Gasteiger charge is 2.41. The van der Waals surface area contributed by atoms with E-state index < -0.39 is 11.9 Å². The Morgan fingerprint density at radius 1 is 0.968 bits per heavy atom. The molecule has 0 spiro atoms. The van der Waals surface area contributed by atoms with Crippen molar-refractivity contribution in [3.8, 4) is 11.5 Å². The van der Waals surface area contributed by atoms with Gasteiger partial charge in [-0.2, -0.15) is 0 Å². The van der Waals surface area contributed by atoms with Gasteiger partial charge in [-0.05, 0) is 35.4 Å². The van der Waals surface area contributed by atoms with Crippen LogP contribution < -0.4 is 9.47 Å². The van der Waals surface area contributed by atoms with E-state index in [1.165, 1.54) is 0 Å². The van der Waals surface area contributed by atoms with E-state index in [-0.39, 0.29) is 12.3 Å². The van der Waals surface area contributed by atoms with Crippen LogP contribution in [-0.4, -0.2) is 30.1 Å². The van der Waals surface area contributed by atoms with Crippen LogP contribution in [0.5, 0.6) is 11.5 Å². The molecule has 1 amide bonds. The van der Waals surface area contributed by atoms with Crippen LogP contribution in [-0.2, 0) is 11.3 Å². The lowest BCUT2D eigenvalue weighted by Gasteiger charge is -2.28. The molecular formula is C25H22ClNO4. The largest absolute Gasteiger partial charge is 0.503 e. The van der Waals surface area contributed by atoms with Crippen LogP contribution in [0.4, 0.5) is 0 Å². The van der Waals surface area contributed by atoms with E-state index in [9.17, 15) is 9.90 Å². The molecule has 31 heavy (non-hydrogen) atoms. The van der Waals surface area contributed by atoms with Gasteiger partial charge in [-0.15, -0.1) is 0 Å². The summed E-state index contributed by atoms with van der Waals surface area (Å²) in [5.74, 6) is 0.582. The van der Waals surface area contributed by atoms with Gasteiger partial charge in [-0.1, -0.05) is 54.1 Å². The second-order valence-electron chi connectivity index (χ2n) is 7.19. The summed E-state index contributed by atoms with van der Waals surface area (Å²) >= 11 is 6.09. The molecule has 4 rings (SSSR count). The summed E-state index contributed by atoms with van der Waals surface area (Å²) in [7, 11) is 3.16. The van der Waals surface area contributed by atoms with Gasteiger partial charge in [0.25, 0.3) is 5.91 Å². The van der Waals surface area contributed by atoms with Crippen molar-refractivity contribution in [1.82, 2.24) is 4.90 Å². The molecule has 158 valence electrons. The minimum Gasteiger partial charge on any atom is -0.503 e. The zero-order valence-electron chi connectivity index (χ0n) is 17.2. The van der Waals surface area contributed by atoms with Crippen LogP contribution in [0.1, 0.15) is 22.7 Å². The summed E-state index contributed by atoms with van der Waals surface area (Å²) in [4.78, 5) is 14.8. The van der Waals surface area contributed by atoms with Crippen LogP contribution in [0.3, 0.4) is 0 Å². The number of carbonyl (C=O) groups is 1. The number of hydrogen-bond acceptors (Lipinski definition) is 4. The second kappa shape index (κ2) is 8.74. The fourth-order valence-corrected chi connectivity index (χ4v) is 4.01. The van der Waals surface area contributed by atoms with Gasteiger partial charge in [0.1, 0.15) is 11.5 Å². The fourth-order valence-electron chi connectivity index (χ4n) is 3.89. The van der Waals surface area contributed by atoms with Crippen LogP contribution in [0.2, 0.25) is 5.02 Å². The predicted octanol–water partition coefficient (Wildman–Crippen LogP) is 5.41. The minimum absolute atomic E-state index is 0.250. The SMILES string of the molecule is COc1ccc(CN2C(=O)C(O)=C(c3ccccc3)C2c2ccc(Cl)cc2)c(OC)c1. The smallest absolute Gasteiger partial charge is 0.290 e. The number of aliphatic hydroxyl groups excluding tert-OH is 1. The van der Waals surface area contributed by atoms with E-state index in [4.69, 9.17) is 21.1 Å². The molecule has 0 aromatic heterocycles. The fraction of sp³-hybridized carbons (Fsp3) is 0.160. The van der Waals surface area contributed by atoms with Gasteiger partial charge in [0, 0.05) is 22.2 Å². The zero-order valence-corrected chi connectivity index (χ0v) is 18.0. The summed E-state index contributed by atoms with van der Waals surface area (Å²) in [6, 6.07) is 21.7. The van der Waals surface area contributed by atoms with Gasteiger partial charge in [-0.3, -0.25) is 4.79 Å². The van der Waals surface area contributed by atoms with E-state index >= 15 is 0 Å². The quantitative estimate of drug-likeness (QED) is 0.562. The topological polar surface area (TPSA) is 59.0 Å². The number of carbonyl (C=O) groups excluding carboxylic acids is 1. The Morgan fingerprint density at radius 2 is 1.68 bits per heavy atom. The highest BCUT2D eigenvalue weighted by Crippen LogP contribution is 2.44. The van der Waals surface area contributed by atoms with Gasteiger partial charge >= 0.3 is 0 Å². The number of ether oxygens (including phenoxy) is 2. The van der Waals surface area contributed by atoms with Gasteiger partial charge < -0.3 is 19.5 Å². The highest BCUT2D eigenvalue weighted by molar-refractivity contribution is 6.30. The molecule has 3 aromatic rings. The van der Waals surface area contributed by atoms with Gasteiger partial charge in [0.05, 0.1) is 26.8 Å². The predicted molar refractivity (Wildman–Crippen MR) is 120 cm³/mol. The molecule has 0 saturated carbocycles. The molecule has 1 unspecified atom stereocenters. The summed E-state index contributed by atoms with van der Waals surface area (Å²) in [5.41, 5.74) is 3.02. The second-order valence-corrected chi connectivity index (χ2v) is 7.63. The Bertz CT molecular complexity index is 1130. The van der Waals surface area contributed by atoms with Crippen molar-refractivity contribution in [1.29, 1.82) is 0 Å². The lowest BCUT2D eigenvalue weighted by atomic mass is 9.93. The van der Waals surface area contributed by atoms with E-state index in [1.54, 1.807) is 37.3 Å². The third-order valence-corrected chi connectivity index (χ3v) is 5.66. The van der Waals surface area contributed by atoms with E-state index in [1.807, 2.05) is 54.6 Å². The lowest BCUT2D eigenvalue weighted by molar-refractivity contribution is -0.130. The maximum absolute atomic E-state index is 13.2. The van der Waals surface area contributed by atoms with Crippen molar-refractivity contribution in [3.63, 3.8) is 0 Å². The maximum Gasteiger partial charge on any atom is 0.290 e. The highest BCUT2D eigenvalue weighted by atomic mass is 35.5. The Labute approximate surface area is 186 Å². The number of amides is 1. The molecule has 1 aliphatic rings. The first-order chi connectivity index (χ1) is 15.0. The molecule has 1 atom stereocenters. The number of methoxy groups -OCH3 is 2. The molecule has 6 heteroatoms. The van der Waals surface area contributed by atoms with Crippen molar-refractivity contribution in [2.75, 3.05) is 14.2 Å². The van der Waals surface area contributed by atoms with E-state index in [0.29, 0.717) is 22.1 Å². The van der Waals surface area contributed by atoms with Crippen LogP contribution in [0.15, 0.2) is 78.6 Å². The van der Waals surface area contributed by atoms with Crippen molar-refractivity contribution >= 4 is 23.1 Å². The molecule has 0 saturated heterocycles. The van der Waals surface area contributed by atoms with Gasteiger partial charge in [-0.25, -0.2) is 0 Å². The van der Waals surface area contributed by atoms with Crippen LogP contribution in [0.25, 0.3) is 5.57 Å². The van der Waals surface area contributed by atoms with E-state index in [2.05, 4.69) is 0 Å². The number of aliphatic hydroxyl groups is 1. The molecule has 0 radical (unpaired) electrons. The number of benzene rings is 3. The molecule has 0 bridgehead atoms. The first kappa shape index (κ1) is 20.8. The van der Waals surface area contributed by atoms with Crippen molar-refractivity contribution in [3.05, 3.63) is 100 Å². The number of halogens is 1. The Hall–Kier alpha value is -3.44. The number of rotatable bonds is 6. The number of hydrogen-bond donors (Lipinski definition) is 1. The van der Waals surface area contributed by atoms with Gasteiger partial charge in [0.15, 0.2) is 5.76 Å². The average molecular weight is 436 g/mol. The monoisotopic (exact) mass is 435 g/mol. The lowest BCUT2D eigenvalue weighted by Crippen LogP contribution is -2.30. The Balaban J connectivity index is 1.80. The van der Waals surface area contributed by atoms with Gasteiger partial charge in [0.2, 0.25) is 0 Å². The van der Waals surface area contributed by atoms with Crippen molar-refractivity contribution in [2.45, 2.75) is 12.6 Å².